The number of rotatable bonds is 8. The van der Waals surface area contributed by atoms with Crippen molar-refractivity contribution in [3.8, 4) is 0 Å². The lowest BCUT2D eigenvalue weighted by Crippen LogP contribution is -2.33. The highest BCUT2D eigenvalue weighted by Crippen LogP contribution is 2.19. The van der Waals surface area contributed by atoms with Crippen molar-refractivity contribution in [1.82, 2.24) is 4.72 Å². The SMILES string of the molecule is CC(CNS(=O)(=O)C(C)C)c1ccc(NC(=O)c2ccc([N+](=O)[O-])cc2)cc1. The molecular weight excluding hydrogens is 382 g/mol. The highest BCUT2D eigenvalue weighted by Gasteiger charge is 2.17. The van der Waals surface area contributed by atoms with Gasteiger partial charge >= 0.3 is 0 Å². The van der Waals surface area contributed by atoms with Crippen LogP contribution in [0.4, 0.5) is 11.4 Å². The summed E-state index contributed by atoms with van der Waals surface area (Å²) >= 11 is 0. The predicted octanol–water partition coefficient (Wildman–Crippen LogP) is 3.28. The van der Waals surface area contributed by atoms with Gasteiger partial charge in [-0.2, -0.15) is 0 Å². The first-order valence-corrected chi connectivity index (χ1v) is 10.3. The Morgan fingerprint density at radius 1 is 1.04 bits per heavy atom. The average Bonchev–Trinajstić information content (AvgIpc) is 2.66. The Bertz CT molecular complexity index is 939. The van der Waals surface area contributed by atoms with Gasteiger partial charge in [0.1, 0.15) is 0 Å². The van der Waals surface area contributed by atoms with Crippen molar-refractivity contribution in [2.75, 3.05) is 11.9 Å². The molecule has 1 atom stereocenters. The average molecular weight is 405 g/mol. The molecule has 0 spiro atoms. The Morgan fingerprint density at radius 3 is 2.11 bits per heavy atom. The summed E-state index contributed by atoms with van der Waals surface area (Å²) in [4.78, 5) is 22.4. The second-order valence-electron chi connectivity index (χ2n) is 6.72. The summed E-state index contributed by atoms with van der Waals surface area (Å²) in [5, 5.41) is 12.9. The first-order chi connectivity index (χ1) is 13.1. The van der Waals surface area contributed by atoms with Gasteiger partial charge in [-0.05, 0) is 49.6 Å². The molecule has 2 rings (SSSR count). The largest absolute Gasteiger partial charge is 0.322 e. The van der Waals surface area contributed by atoms with Crippen molar-refractivity contribution >= 4 is 27.3 Å². The van der Waals surface area contributed by atoms with E-state index in [0.717, 1.165) is 5.56 Å². The van der Waals surface area contributed by atoms with E-state index in [9.17, 15) is 23.3 Å². The minimum Gasteiger partial charge on any atom is -0.322 e. The van der Waals surface area contributed by atoms with Crippen LogP contribution in [0, 0.1) is 10.1 Å². The van der Waals surface area contributed by atoms with Crippen LogP contribution in [0.2, 0.25) is 0 Å². The summed E-state index contributed by atoms with van der Waals surface area (Å²) in [6, 6.07) is 12.4. The van der Waals surface area contributed by atoms with Gasteiger partial charge in [0.15, 0.2) is 0 Å². The lowest BCUT2D eigenvalue weighted by Gasteiger charge is -2.15. The second kappa shape index (κ2) is 8.94. The molecule has 0 aliphatic heterocycles. The Morgan fingerprint density at radius 2 is 1.61 bits per heavy atom. The zero-order chi connectivity index (χ0) is 20.9. The van der Waals surface area contributed by atoms with E-state index in [4.69, 9.17) is 0 Å². The fourth-order valence-electron chi connectivity index (χ4n) is 2.36. The first kappa shape index (κ1) is 21.5. The molecule has 2 aromatic carbocycles. The monoisotopic (exact) mass is 405 g/mol. The number of carbonyl (C=O) groups excluding carboxylic acids is 1. The summed E-state index contributed by atoms with van der Waals surface area (Å²) in [6.07, 6.45) is 0. The number of hydrogen-bond donors (Lipinski definition) is 2. The van der Waals surface area contributed by atoms with Crippen LogP contribution < -0.4 is 10.0 Å². The molecule has 2 N–H and O–H groups in total. The standard InChI is InChI=1S/C19H23N3O5S/c1-13(2)28(26,27)20-12-14(3)15-4-8-17(9-5-15)21-19(23)16-6-10-18(11-7-16)22(24)25/h4-11,13-14,20H,12H2,1-3H3,(H,21,23). The van der Waals surface area contributed by atoms with Crippen LogP contribution in [0.5, 0.6) is 0 Å². The molecule has 0 fully saturated rings. The fraction of sp³-hybridized carbons (Fsp3) is 0.316. The van der Waals surface area contributed by atoms with Crippen LogP contribution in [0.1, 0.15) is 42.6 Å². The van der Waals surface area contributed by atoms with E-state index in [-0.39, 0.29) is 24.1 Å². The molecule has 8 nitrogen and oxygen atoms in total. The second-order valence-corrected chi connectivity index (χ2v) is 9.04. The van der Waals surface area contributed by atoms with E-state index in [1.54, 1.807) is 26.0 Å². The number of nitrogens with zero attached hydrogens (tertiary/aromatic N) is 1. The molecule has 0 aliphatic rings. The van der Waals surface area contributed by atoms with Crippen LogP contribution in [0.25, 0.3) is 0 Å². The maximum Gasteiger partial charge on any atom is 0.269 e. The number of benzene rings is 2. The van der Waals surface area contributed by atoms with Gasteiger partial charge in [0.05, 0.1) is 10.2 Å². The first-order valence-electron chi connectivity index (χ1n) is 8.74. The van der Waals surface area contributed by atoms with Crippen LogP contribution >= 0.6 is 0 Å². The number of amides is 1. The topological polar surface area (TPSA) is 118 Å². The van der Waals surface area contributed by atoms with E-state index < -0.39 is 20.2 Å². The molecule has 0 saturated heterocycles. The van der Waals surface area contributed by atoms with Crippen molar-refractivity contribution in [2.45, 2.75) is 31.9 Å². The molecule has 1 amide bonds. The van der Waals surface area contributed by atoms with Gasteiger partial charge in [-0.25, -0.2) is 13.1 Å². The van der Waals surface area contributed by atoms with Crippen molar-refractivity contribution < 1.29 is 18.1 Å². The predicted molar refractivity (Wildman–Crippen MR) is 108 cm³/mol. The number of nitro benzene ring substituents is 1. The molecule has 0 radical (unpaired) electrons. The maximum atomic E-state index is 12.2. The molecule has 2 aromatic rings. The molecule has 9 heteroatoms. The molecular formula is C19H23N3O5S. The molecule has 150 valence electrons. The Kier molecular flexibility index (Phi) is 6.87. The molecule has 28 heavy (non-hydrogen) atoms. The van der Waals surface area contributed by atoms with Crippen LogP contribution in [0.15, 0.2) is 48.5 Å². The van der Waals surface area contributed by atoms with Gasteiger partial charge in [-0.15, -0.1) is 0 Å². The van der Waals surface area contributed by atoms with Crippen molar-refractivity contribution in [2.24, 2.45) is 0 Å². The van der Waals surface area contributed by atoms with Crippen LogP contribution in [0.3, 0.4) is 0 Å². The quantitative estimate of drug-likeness (QED) is 0.516. The van der Waals surface area contributed by atoms with Gasteiger partial charge in [-0.3, -0.25) is 14.9 Å². The molecule has 0 bridgehead atoms. The summed E-state index contributed by atoms with van der Waals surface area (Å²) in [5.74, 6) is -0.409. The minimum atomic E-state index is -3.31. The Labute approximate surface area is 164 Å². The number of non-ortho nitro benzene ring substituents is 1. The van der Waals surface area contributed by atoms with Crippen molar-refractivity contribution in [3.63, 3.8) is 0 Å². The zero-order valence-electron chi connectivity index (χ0n) is 15.9. The highest BCUT2D eigenvalue weighted by molar-refractivity contribution is 7.90. The molecule has 0 heterocycles. The van der Waals surface area contributed by atoms with Crippen molar-refractivity contribution in [1.29, 1.82) is 0 Å². The van der Waals surface area contributed by atoms with Crippen LogP contribution in [-0.4, -0.2) is 31.0 Å². The summed E-state index contributed by atoms with van der Waals surface area (Å²) in [5.41, 5.74) is 1.73. The Hall–Kier alpha value is -2.78. The highest BCUT2D eigenvalue weighted by atomic mass is 32.2. The molecule has 1 unspecified atom stereocenters. The van der Waals surface area contributed by atoms with E-state index >= 15 is 0 Å². The van der Waals surface area contributed by atoms with E-state index in [0.29, 0.717) is 11.3 Å². The maximum absolute atomic E-state index is 12.2. The molecule has 0 aromatic heterocycles. The van der Waals surface area contributed by atoms with Crippen LogP contribution in [-0.2, 0) is 10.0 Å². The zero-order valence-corrected chi connectivity index (χ0v) is 16.7. The Balaban J connectivity index is 1.98. The lowest BCUT2D eigenvalue weighted by atomic mass is 10.0. The van der Waals surface area contributed by atoms with E-state index in [1.807, 2.05) is 19.1 Å². The lowest BCUT2D eigenvalue weighted by molar-refractivity contribution is -0.384. The fourth-order valence-corrected chi connectivity index (χ4v) is 3.17. The van der Waals surface area contributed by atoms with Gasteiger partial charge in [-0.1, -0.05) is 19.1 Å². The third-order valence-electron chi connectivity index (χ3n) is 4.29. The van der Waals surface area contributed by atoms with Gasteiger partial charge in [0.25, 0.3) is 11.6 Å². The summed E-state index contributed by atoms with van der Waals surface area (Å²) < 4.78 is 26.3. The van der Waals surface area contributed by atoms with Gasteiger partial charge in [0, 0.05) is 29.9 Å². The normalized spacial score (nSPS) is 12.6. The summed E-state index contributed by atoms with van der Waals surface area (Å²) in [7, 11) is -3.31. The van der Waals surface area contributed by atoms with E-state index in [1.165, 1.54) is 24.3 Å². The minimum absolute atomic E-state index is 0.0343. The smallest absolute Gasteiger partial charge is 0.269 e. The molecule has 0 saturated carbocycles. The molecule has 0 aliphatic carbocycles. The third-order valence-corrected chi connectivity index (χ3v) is 6.10. The third kappa shape index (κ3) is 5.61. The number of hydrogen-bond acceptors (Lipinski definition) is 5. The van der Waals surface area contributed by atoms with E-state index in [2.05, 4.69) is 10.0 Å². The number of sulfonamides is 1. The van der Waals surface area contributed by atoms with Crippen molar-refractivity contribution in [3.05, 3.63) is 69.8 Å². The number of nitrogens with one attached hydrogen (secondary N) is 2. The number of carbonyl (C=O) groups is 1. The number of anilines is 1. The van der Waals surface area contributed by atoms with Gasteiger partial charge in [0.2, 0.25) is 10.0 Å². The summed E-state index contributed by atoms with van der Waals surface area (Å²) in [6.45, 7) is 5.44. The van der Waals surface area contributed by atoms with Gasteiger partial charge < -0.3 is 5.32 Å². The number of nitro groups is 1.